The van der Waals surface area contributed by atoms with Gasteiger partial charge < -0.3 is 9.30 Å². The minimum atomic E-state index is 0.184. The second kappa shape index (κ2) is 11.5. The molecule has 0 unspecified atom stereocenters. The van der Waals surface area contributed by atoms with Crippen molar-refractivity contribution >= 4 is 15.9 Å². The Balaban J connectivity index is 2.01. The van der Waals surface area contributed by atoms with Crippen LogP contribution in [-0.4, -0.2) is 28.1 Å². The van der Waals surface area contributed by atoms with Crippen molar-refractivity contribution in [2.24, 2.45) is 5.41 Å². The molecule has 0 saturated heterocycles. The zero-order valence-corrected chi connectivity index (χ0v) is 23.5. The quantitative estimate of drug-likeness (QED) is 0.274. The summed E-state index contributed by atoms with van der Waals surface area (Å²) < 4.78 is 8.70. The van der Waals surface area contributed by atoms with Crippen molar-refractivity contribution in [3.63, 3.8) is 0 Å². The summed E-state index contributed by atoms with van der Waals surface area (Å²) in [7, 11) is 1.71. The van der Waals surface area contributed by atoms with Crippen LogP contribution in [0.2, 0.25) is 0 Å². The molecule has 0 aliphatic rings. The Morgan fingerprint density at radius 1 is 0.941 bits per heavy atom. The van der Waals surface area contributed by atoms with Crippen LogP contribution in [0.4, 0.5) is 0 Å². The third-order valence-electron chi connectivity index (χ3n) is 6.20. The topological polar surface area (TPSA) is 30.3 Å². The molecular weight excluding hydrogens is 486 g/mol. The molecule has 34 heavy (non-hydrogen) atoms. The normalized spacial score (nSPS) is 11.9. The molecule has 0 radical (unpaired) electrons. The molecule has 0 N–H and O–H groups in total. The predicted octanol–water partition coefficient (Wildman–Crippen LogP) is 7.51. The summed E-state index contributed by atoms with van der Waals surface area (Å²) in [4.78, 5) is 7.62. The maximum Gasteiger partial charge on any atom is 0.142 e. The molecule has 1 heterocycles. The molecule has 5 heteroatoms. The van der Waals surface area contributed by atoms with E-state index in [1.807, 2.05) is 12.1 Å². The number of imidazole rings is 1. The van der Waals surface area contributed by atoms with Crippen molar-refractivity contribution in [2.75, 3.05) is 13.7 Å². The Labute approximate surface area is 214 Å². The van der Waals surface area contributed by atoms with E-state index in [9.17, 15) is 0 Å². The second-order valence-electron chi connectivity index (χ2n) is 10.1. The number of benzene rings is 2. The predicted molar refractivity (Wildman–Crippen MR) is 146 cm³/mol. The molecule has 1 aromatic heterocycles. The minimum Gasteiger partial charge on any atom is -0.497 e. The van der Waals surface area contributed by atoms with E-state index < -0.39 is 0 Å². The van der Waals surface area contributed by atoms with Crippen molar-refractivity contribution in [1.29, 1.82) is 0 Å². The number of hydrogen-bond donors (Lipinski definition) is 0. The summed E-state index contributed by atoms with van der Waals surface area (Å²) in [6, 6.07) is 15.1. The van der Waals surface area contributed by atoms with E-state index in [1.54, 1.807) is 7.11 Å². The van der Waals surface area contributed by atoms with Crippen LogP contribution < -0.4 is 4.74 Å². The van der Waals surface area contributed by atoms with Gasteiger partial charge in [-0.15, -0.1) is 0 Å². The first-order valence-corrected chi connectivity index (χ1v) is 13.2. The zero-order valence-electron chi connectivity index (χ0n) is 21.9. The number of nitrogens with zero attached hydrogens (tertiary/aromatic N) is 3. The van der Waals surface area contributed by atoms with Gasteiger partial charge in [-0.2, -0.15) is 0 Å². The number of aromatic nitrogens is 2. The Hall–Kier alpha value is -2.11. The summed E-state index contributed by atoms with van der Waals surface area (Å²) in [5.41, 5.74) is 6.74. The van der Waals surface area contributed by atoms with Gasteiger partial charge in [0, 0.05) is 31.7 Å². The van der Waals surface area contributed by atoms with E-state index in [-0.39, 0.29) is 5.41 Å². The van der Waals surface area contributed by atoms with Gasteiger partial charge in [0.2, 0.25) is 0 Å². The van der Waals surface area contributed by atoms with Gasteiger partial charge >= 0.3 is 0 Å². The van der Waals surface area contributed by atoms with Gasteiger partial charge in [0.05, 0.1) is 12.8 Å². The van der Waals surface area contributed by atoms with Crippen molar-refractivity contribution in [2.45, 2.75) is 74.0 Å². The molecule has 0 aliphatic heterocycles. The van der Waals surface area contributed by atoms with Crippen molar-refractivity contribution < 1.29 is 4.74 Å². The lowest BCUT2D eigenvalue weighted by Gasteiger charge is -2.30. The molecular formula is C29H40BrN3O. The summed E-state index contributed by atoms with van der Waals surface area (Å²) >= 11 is 3.84. The first-order valence-electron chi connectivity index (χ1n) is 12.4. The Morgan fingerprint density at radius 3 is 2.06 bits per heavy atom. The van der Waals surface area contributed by atoms with Crippen molar-refractivity contribution in [3.8, 4) is 17.1 Å². The SMILES string of the molecule is CCc1cccc(CC)c1-c1nc(Br)c(CN(Cc2ccc(OC)cc2)CC(C)(C)C)n1CC. The maximum atomic E-state index is 5.35. The lowest BCUT2D eigenvalue weighted by atomic mass is 9.95. The smallest absolute Gasteiger partial charge is 0.142 e. The van der Waals surface area contributed by atoms with Gasteiger partial charge in [-0.05, 0) is 69.9 Å². The highest BCUT2D eigenvalue weighted by atomic mass is 79.9. The maximum absolute atomic E-state index is 5.35. The molecule has 2 aromatic carbocycles. The Bertz CT molecular complexity index is 1060. The van der Waals surface area contributed by atoms with Gasteiger partial charge in [0.25, 0.3) is 0 Å². The molecule has 0 spiro atoms. The van der Waals surface area contributed by atoms with Crippen molar-refractivity contribution in [1.82, 2.24) is 14.5 Å². The van der Waals surface area contributed by atoms with E-state index in [1.165, 1.54) is 27.9 Å². The fraction of sp³-hybridized carbons (Fsp3) is 0.483. The van der Waals surface area contributed by atoms with E-state index in [0.717, 1.165) is 55.2 Å². The molecule has 3 rings (SSSR count). The van der Waals surface area contributed by atoms with Gasteiger partial charge in [-0.25, -0.2) is 4.98 Å². The van der Waals surface area contributed by atoms with E-state index in [0.29, 0.717) is 0 Å². The number of aryl methyl sites for hydroxylation is 2. The van der Waals surface area contributed by atoms with Crippen LogP contribution in [0.5, 0.6) is 5.75 Å². The summed E-state index contributed by atoms with van der Waals surface area (Å²) in [5, 5.41) is 0. The highest BCUT2D eigenvalue weighted by molar-refractivity contribution is 9.10. The monoisotopic (exact) mass is 525 g/mol. The van der Waals surface area contributed by atoms with E-state index >= 15 is 0 Å². The summed E-state index contributed by atoms with van der Waals surface area (Å²) in [6.07, 6.45) is 2.00. The number of rotatable bonds is 10. The van der Waals surface area contributed by atoms with Crippen molar-refractivity contribution in [3.05, 3.63) is 69.5 Å². The highest BCUT2D eigenvalue weighted by Crippen LogP contribution is 2.33. The van der Waals surface area contributed by atoms with Crippen LogP contribution in [0.15, 0.2) is 47.1 Å². The molecule has 0 amide bonds. The summed E-state index contributed by atoms with van der Waals surface area (Å²) in [5.74, 6) is 1.97. The highest BCUT2D eigenvalue weighted by Gasteiger charge is 2.24. The molecule has 0 aliphatic carbocycles. The Morgan fingerprint density at radius 2 is 1.56 bits per heavy atom. The van der Waals surface area contributed by atoms with E-state index in [4.69, 9.17) is 9.72 Å². The standard InChI is InChI=1S/C29H40BrN3O/c1-8-22-12-11-13-23(9-2)26(22)28-31-27(30)25(33(28)10-3)19-32(20-29(4,5)6)18-21-14-16-24(34-7)17-15-21/h11-17H,8-10,18-20H2,1-7H3. The fourth-order valence-corrected chi connectivity index (χ4v) is 5.22. The van der Waals surface area contributed by atoms with Crippen LogP contribution in [0, 0.1) is 5.41 Å². The lowest BCUT2D eigenvalue weighted by molar-refractivity contribution is 0.172. The van der Waals surface area contributed by atoms with Crippen LogP contribution in [-0.2, 0) is 32.5 Å². The van der Waals surface area contributed by atoms with Crippen LogP contribution in [0.25, 0.3) is 11.4 Å². The number of methoxy groups -OCH3 is 1. The Kier molecular flexibility index (Phi) is 9.00. The first kappa shape index (κ1) is 26.5. The van der Waals surface area contributed by atoms with Crippen LogP contribution in [0.1, 0.15) is 63.9 Å². The van der Waals surface area contributed by atoms with Gasteiger partial charge in [-0.1, -0.05) is 65.0 Å². The third-order valence-corrected chi connectivity index (χ3v) is 6.83. The van der Waals surface area contributed by atoms with E-state index in [2.05, 4.69) is 97.3 Å². The third kappa shape index (κ3) is 6.31. The fourth-order valence-electron chi connectivity index (χ4n) is 4.71. The molecule has 4 nitrogen and oxygen atoms in total. The number of hydrogen-bond acceptors (Lipinski definition) is 3. The largest absolute Gasteiger partial charge is 0.497 e. The molecule has 0 saturated carbocycles. The zero-order chi connectivity index (χ0) is 24.9. The average Bonchev–Trinajstić information content (AvgIpc) is 3.12. The van der Waals surface area contributed by atoms with Crippen LogP contribution >= 0.6 is 15.9 Å². The van der Waals surface area contributed by atoms with Gasteiger partial charge in [0.1, 0.15) is 16.2 Å². The molecule has 184 valence electrons. The lowest BCUT2D eigenvalue weighted by Crippen LogP contribution is -2.32. The summed E-state index contributed by atoms with van der Waals surface area (Å²) in [6.45, 7) is 17.2. The number of ether oxygens (including phenoxy) is 1. The molecule has 3 aromatic rings. The van der Waals surface area contributed by atoms with Crippen LogP contribution in [0.3, 0.4) is 0 Å². The van der Waals surface area contributed by atoms with Gasteiger partial charge in [-0.3, -0.25) is 4.90 Å². The second-order valence-corrected chi connectivity index (χ2v) is 10.9. The molecule has 0 atom stereocenters. The molecule has 0 fully saturated rings. The number of halogens is 1. The van der Waals surface area contributed by atoms with Gasteiger partial charge in [0.15, 0.2) is 0 Å². The minimum absolute atomic E-state index is 0.184. The average molecular weight is 527 g/mol. The molecule has 0 bridgehead atoms. The first-order chi connectivity index (χ1) is 16.2.